The van der Waals surface area contributed by atoms with Gasteiger partial charge in [0.15, 0.2) is 0 Å². The van der Waals surface area contributed by atoms with Gasteiger partial charge in [-0.1, -0.05) is 6.92 Å². The Balaban J connectivity index is 3.14. The molecule has 0 aliphatic rings. The Hall–Kier alpha value is -0.120. The van der Waals surface area contributed by atoms with Gasteiger partial charge in [-0.25, -0.2) is 0 Å². The van der Waals surface area contributed by atoms with E-state index >= 15 is 0 Å². The van der Waals surface area contributed by atoms with E-state index in [-0.39, 0.29) is 6.10 Å². The minimum atomic E-state index is -0.662. The van der Waals surface area contributed by atoms with Crippen LogP contribution >= 0.6 is 0 Å². The first-order valence-electron chi connectivity index (χ1n) is 2.24. The molecule has 0 aliphatic carbocycles. The van der Waals surface area contributed by atoms with Gasteiger partial charge < -0.3 is 16.6 Å². The predicted octanol–water partition coefficient (Wildman–Crippen LogP) is -0.456. The van der Waals surface area contributed by atoms with Gasteiger partial charge in [0.1, 0.15) is 6.10 Å². The smallest absolute Gasteiger partial charge is 0.124 e. The first kappa shape index (κ1) is 6.88. The van der Waals surface area contributed by atoms with Crippen molar-refractivity contribution in [3.05, 3.63) is 6.10 Å². The van der Waals surface area contributed by atoms with Crippen LogP contribution in [0.5, 0.6) is 0 Å². The second-order valence-corrected chi connectivity index (χ2v) is 1.37. The topological polar surface area (TPSA) is 72.3 Å². The van der Waals surface area contributed by atoms with E-state index in [1.54, 1.807) is 6.92 Å². The summed E-state index contributed by atoms with van der Waals surface area (Å²) in [6, 6.07) is 0. The zero-order chi connectivity index (χ0) is 5.86. The molecule has 5 N–H and O–H groups in total. The maximum absolute atomic E-state index is 8.60. The second-order valence-electron chi connectivity index (χ2n) is 1.37. The van der Waals surface area contributed by atoms with Gasteiger partial charge in [-0.2, -0.15) is 0 Å². The van der Waals surface area contributed by atoms with Crippen molar-refractivity contribution in [3.8, 4) is 0 Å². The Morgan fingerprint density at radius 1 is 1.71 bits per heavy atom. The Labute approximate surface area is 43.3 Å². The highest BCUT2D eigenvalue weighted by Gasteiger charge is 2.05. The fraction of sp³-hybridized carbons (Fsp3) is 0.750. The van der Waals surface area contributed by atoms with E-state index in [2.05, 4.69) is 0 Å². The molecule has 3 heteroatoms. The third kappa shape index (κ3) is 2.56. The fourth-order valence-electron chi connectivity index (χ4n) is 0.236. The van der Waals surface area contributed by atoms with Crippen molar-refractivity contribution < 1.29 is 5.11 Å². The molecule has 0 fully saturated rings. The number of hydrogen-bond acceptors (Lipinski definition) is 3. The van der Waals surface area contributed by atoms with Crippen LogP contribution in [0.25, 0.3) is 0 Å². The summed E-state index contributed by atoms with van der Waals surface area (Å²) >= 11 is 0. The molecule has 7 heavy (non-hydrogen) atoms. The molecule has 0 unspecified atom stereocenters. The molecule has 0 saturated heterocycles. The molecule has 0 aliphatic heterocycles. The van der Waals surface area contributed by atoms with E-state index in [0.29, 0.717) is 6.42 Å². The zero-order valence-corrected chi connectivity index (χ0v) is 4.39. The molecule has 3 nitrogen and oxygen atoms in total. The van der Waals surface area contributed by atoms with E-state index < -0.39 is 6.17 Å². The summed E-state index contributed by atoms with van der Waals surface area (Å²) in [6.45, 7) is 1.79. The minimum absolute atomic E-state index is 0.153. The highest BCUT2D eigenvalue weighted by atomic mass is 16.3. The Morgan fingerprint density at radius 3 is 2.14 bits per heavy atom. The second kappa shape index (κ2) is 2.96. The lowest BCUT2D eigenvalue weighted by molar-refractivity contribution is 0.256. The van der Waals surface area contributed by atoms with Gasteiger partial charge >= 0.3 is 0 Å². The Kier molecular flexibility index (Phi) is 2.91. The standard InChI is InChI=1S/C4H11N2O/c1-2-3(7)4(5)6/h4,7H,2,5-6H2,1H3. The summed E-state index contributed by atoms with van der Waals surface area (Å²) in [5.74, 6) is 0. The monoisotopic (exact) mass is 103 g/mol. The molecule has 0 saturated carbocycles. The van der Waals surface area contributed by atoms with Crippen LogP contribution in [0.1, 0.15) is 13.3 Å². The highest BCUT2D eigenvalue weighted by Crippen LogP contribution is 1.97. The summed E-state index contributed by atoms with van der Waals surface area (Å²) in [6.07, 6.45) is 0.0301. The van der Waals surface area contributed by atoms with Gasteiger partial charge in [-0.15, -0.1) is 0 Å². The summed E-state index contributed by atoms with van der Waals surface area (Å²) in [5.41, 5.74) is 10.1. The van der Waals surface area contributed by atoms with Gasteiger partial charge in [-0.05, 0) is 6.42 Å². The lowest BCUT2D eigenvalue weighted by Crippen LogP contribution is -2.36. The van der Waals surface area contributed by atoms with E-state index in [0.717, 1.165) is 0 Å². The van der Waals surface area contributed by atoms with Crippen LogP contribution in [0.3, 0.4) is 0 Å². The van der Waals surface area contributed by atoms with Crippen LogP contribution in [0.4, 0.5) is 0 Å². The van der Waals surface area contributed by atoms with Gasteiger partial charge in [0.2, 0.25) is 0 Å². The van der Waals surface area contributed by atoms with Crippen molar-refractivity contribution in [2.45, 2.75) is 19.5 Å². The van der Waals surface area contributed by atoms with Gasteiger partial charge in [0.25, 0.3) is 0 Å². The van der Waals surface area contributed by atoms with Crippen LogP contribution < -0.4 is 11.5 Å². The molecule has 1 radical (unpaired) electrons. The number of aliphatic hydroxyl groups is 1. The van der Waals surface area contributed by atoms with Crippen LogP contribution in [-0.2, 0) is 0 Å². The third-order valence-corrected chi connectivity index (χ3v) is 0.747. The first-order chi connectivity index (χ1) is 3.18. The SMILES string of the molecule is CC[C](O)C(N)N. The van der Waals surface area contributed by atoms with Crippen LogP contribution in [0.15, 0.2) is 0 Å². The summed E-state index contributed by atoms with van der Waals surface area (Å²) in [7, 11) is 0. The van der Waals surface area contributed by atoms with E-state index in [1.165, 1.54) is 0 Å². The minimum Gasteiger partial charge on any atom is -0.384 e. The lowest BCUT2D eigenvalue weighted by Gasteiger charge is -2.08. The van der Waals surface area contributed by atoms with Crippen LogP contribution in [-0.4, -0.2) is 11.3 Å². The molecular weight excluding hydrogens is 92.1 g/mol. The van der Waals surface area contributed by atoms with Crippen molar-refractivity contribution in [3.63, 3.8) is 0 Å². The zero-order valence-electron chi connectivity index (χ0n) is 4.39. The molecule has 0 heterocycles. The summed E-state index contributed by atoms with van der Waals surface area (Å²) in [5, 5.41) is 8.60. The molecular formula is C4H11N2O. The van der Waals surface area contributed by atoms with Crippen molar-refractivity contribution in [1.82, 2.24) is 0 Å². The third-order valence-electron chi connectivity index (χ3n) is 0.747. The van der Waals surface area contributed by atoms with Crippen molar-refractivity contribution in [2.75, 3.05) is 0 Å². The molecule has 43 valence electrons. The maximum Gasteiger partial charge on any atom is 0.124 e. The Morgan fingerprint density at radius 2 is 2.14 bits per heavy atom. The van der Waals surface area contributed by atoms with Gasteiger partial charge in [0.05, 0.1) is 6.17 Å². The van der Waals surface area contributed by atoms with Gasteiger partial charge in [-0.3, -0.25) is 0 Å². The number of rotatable bonds is 2. The van der Waals surface area contributed by atoms with E-state index in [1.807, 2.05) is 0 Å². The first-order valence-corrected chi connectivity index (χ1v) is 2.24. The average Bonchev–Trinajstić information content (AvgIpc) is 1.65. The van der Waals surface area contributed by atoms with Gasteiger partial charge in [0, 0.05) is 0 Å². The largest absolute Gasteiger partial charge is 0.384 e. The normalized spacial score (nSPS) is 11.1. The highest BCUT2D eigenvalue weighted by molar-refractivity contribution is 4.81. The van der Waals surface area contributed by atoms with Crippen molar-refractivity contribution in [2.24, 2.45) is 11.5 Å². The molecule has 0 rings (SSSR count). The summed E-state index contributed by atoms with van der Waals surface area (Å²) < 4.78 is 0. The Bertz CT molecular complexity index is 47.0. The number of hydrogen-bond donors (Lipinski definition) is 3. The van der Waals surface area contributed by atoms with E-state index in [9.17, 15) is 0 Å². The van der Waals surface area contributed by atoms with Crippen LogP contribution in [0.2, 0.25) is 0 Å². The summed E-state index contributed by atoms with van der Waals surface area (Å²) in [4.78, 5) is 0. The van der Waals surface area contributed by atoms with Crippen LogP contribution in [0, 0.1) is 6.10 Å². The molecule has 0 aromatic heterocycles. The molecule has 0 amide bonds. The van der Waals surface area contributed by atoms with Crippen molar-refractivity contribution >= 4 is 0 Å². The fourth-order valence-corrected chi connectivity index (χ4v) is 0.236. The molecule has 0 aromatic rings. The molecule has 0 spiro atoms. The molecule has 0 atom stereocenters. The quantitative estimate of drug-likeness (QED) is 0.414. The van der Waals surface area contributed by atoms with Crippen molar-refractivity contribution in [1.29, 1.82) is 0 Å². The molecule has 0 aromatic carbocycles. The maximum atomic E-state index is 8.60. The van der Waals surface area contributed by atoms with E-state index in [4.69, 9.17) is 16.6 Å². The molecule has 0 bridgehead atoms. The predicted molar refractivity (Wildman–Crippen MR) is 27.6 cm³/mol. The average molecular weight is 103 g/mol. The number of aliphatic hydroxyl groups excluding tert-OH is 1. The lowest BCUT2D eigenvalue weighted by atomic mass is 10.2. The number of nitrogens with two attached hydrogens (primary N) is 2.